The lowest BCUT2D eigenvalue weighted by Crippen LogP contribution is -1.90. The standard InChI is InChI=1S/C49H29NS2/c1-3-13-36-34(11-1)32(23-25-38(36)42-17-9-19-44-40-15-5-7-21-46(40)51-48(42)44)30-27-31(29-50-28-30)33-24-26-39(37-14-4-2-12-35(33)37)43-18-10-20-45-41-16-6-8-22-47(41)52-49(43)45/h1-29H. The van der Waals surface area contributed by atoms with E-state index < -0.39 is 0 Å². The Bertz CT molecular complexity index is 2990. The van der Waals surface area contributed by atoms with E-state index in [9.17, 15) is 0 Å². The summed E-state index contributed by atoms with van der Waals surface area (Å²) in [6.07, 6.45) is 4.02. The Morgan fingerprint density at radius 1 is 0.288 bits per heavy atom. The summed E-state index contributed by atoms with van der Waals surface area (Å²) in [5, 5.41) is 10.3. The van der Waals surface area contributed by atoms with Crippen LogP contribution in [-0.2, 0) is 0 Å². The van der Waals surface area contributed by atoms with E-state index >= 15 is 0 Å². The number of fused-ring (bicyclic) bond motifs is 8. The Hall–Kier alpha value is -6.13. The van der Waals surface area contributed by atoms with E-state index in [0.29, 0.717) is 0 Å². The van der Waals surface area contributed by atoms with Gasteiger partial charge in [0.15, 0.2) is 0 Å². The van der Waals surface area contributed by atoms with Crippen molar-refractivity contribution in [1.82, 2.24) is 4.98 Å². The number of rotatable bonds is 4. The summed E-state index contributed by atoms with van der Waals surface area (Å²) in [6, 6.07) is 60.1. The van der Waals surface area contributed by atoms with Gasteiger partial charge in [0.05, 0.1) is 0 Å². The zero-order valence-corrected chi connectivity index (χ0v) is 29.6. The maximum absolute atomic E-state index is 4.85. The van der Waals surface area contributed by atoms with E-state index in [4.69, 9.17) is 4.98 Å². The molecule has 0 amide bonds. The molecule has 11 rings (SSSR count). The fourth-order valence-electron chi connectivity index (χ4n) is 8.22. The van der Waals surface area contributed by atoms with Gasteiger partial charge in [0.25, 0.3) is 0 Å². The van der Waals surface area contributed by atoms with Crippen LogP contribution in [-0.4, -0.2) is 4.98 Å². The SMILES string of the molecule is c1ccc2c(c1)sc1c(-c3ccc(-c4cncc(-c5ccc(-c6cccc7c6sc6ccccc67)c6ccccc56)c4)c4ccccc34)cccc12. The first-order valence-corrected chi connectivity index (χ1v) is 19.2. The molecule has 3 heterocycles. The largest absolute Gasteiger partial charge is 0.263 e. The number of aromatic nitrogens is 1. The second-order valence-electron chi connectivity index (χ2n) is 13.4. The number of hydrogen-bond donors (Lipinski definition) is 0. The monoisotopic (exact) mass is 695 g/mol. The Balaban J connectivity index is 1.05. The van der Waals surface area contributed by atoms with Gasteiger partial charge in [0, 0.05) is 75.0 Å². The van der Waals surface area contributed by atoms with Gasteiger partial charge in [-0.3, -0.25) is 4.98 Å². The summed E-state index contributed by atoms with van der Waals surface area (Å²) in [7, 11) is 0. The van der Waals surface area contributed by atoms with Crippen LogP contribution in [0.5, 0.6) is 0 Å². The average Bonchev–Trinajstić information content (AvgIpc) is 3.79. The molecule has 0 fully saturated rings. The topological polar surface area (TPSA) is 12.9 Å². The number of pyridine rings is 1. The normalized spacial score (nSPS) is 11.8. The molecule has 0 saturated heterocycles. The predicted molar refractivity (Wildman–Crippen MR) is 227 cm³/mol. The highest BCUT2D eigenvalue weighted by molar-refractivity contribution is 7.26. The Kier molecular flexibility index (Phi) is 6.66. The molecule has 0 N–H and O–H groups in total. The van der Waals surface area contributed by atoms with Gasteiger partial charge in [-0.05, 0) is 62.0 Å². The highest BCUT2D eigenvalue weighted by Gasteiger charge is 2.17. The third kappa shape index (κ3) is 4.50. The van der Waals surface area contributed by atoms with Gasteiger partial charge in [-0.2, -0.15) is 0 Å². The lowest BCUT2D eigenvalue weighted by Gasteiger charge is -2.15. The van der Waals surface area contributed by atoms with Crippen molar-refractivity contribution < 1.29 is 0 Å². The minimum Gasteiger partial charge on any atom is -0.263 e. The molecule has 242 valence electrons. The van der Waals surface area contributed by atoms with Crippen LogP contribution >= 0.6 is 22.7 Å². The molecule has 0 aliphatic heterocycles. The maximum Gasteiger partial charge on any atom is 0.0434 e. The van der Waals surface area contributed by atoms with Gasteiger partial charge < -0.3 is 0 Å². The van der Waals surface area contributed by atoms with Crippen LogP contribution in [0.4, 0.5) is 0 Å². The highest BCUT2D eigenvalue weighted by atomic mass is 32.1. The molecule has 8 aromatic carbocycles. The lowest BCUT2D eigenvalue weighted by atomic mass is 9.90. The minimum absolute atomic E-state index is 1.11. The third-order valence-corrected chi connectivity index (χ3v) is 13.0. The summed E-state index contributed by atoms with van der Waals surface area (Å²) in [6.45, 7) is 0. The van der Waals surface area contributed by atoms with Gasteiger partial charge in [0.1, 0.15) is 0 Å². The molecule has 11 aromatic rings. The number of benzene rings is 8. The van der Waals surface area contributed by atoms with Crippen LogP contribution < -0.4 is 0 Å². The smallest absolute Gasteiger partial charge is 0.0434 e. The van der Waals surface area contributed by atoms with Crippen molar-refractivity contribution >= 4 is 84.6 Å². The van der Waals surface area contributed by atoms with Crippen LogP contribution in [0.2, 0.25) is 0 Å². The molecule has 3 heteroatoms. The molecule has 52 heavy (non-hydrogen) atoms. The van der Waals surface area contributed by atoms with Crippen molar-refractivity contribution in [2.24, 2.45) is 0 Å². The fourth-order valence-corrected chi connectivity index (χ4v) is 10.7. The molecular formula is C49H29NS2. The summed E-state index contributed by atoms with van der Waals surface area (Å²) in [5.41, 5.74) is 9.69. The molecule has 0 bridgehead atoms. The van der Waals surface area contributed by atoms with Crippen LogP contribution in [0, 0.1) is 0 Å². The zero-order valence-electron chi connectivity index (χ0n) is 28.0. The van der Waals surface area contributed by atoms with Crippen molar-refractivity contribution in [3.05, 3.63) is 176 Å². The maximum atomic E-state index is 4.85. The third-order valence-electron chi connectivity index (χ3n) is 10.6. The number of thiophene rings is 2. The first kappa shape index (κ1) is 29.6. The van der Waals surface area contributed by atoms with Crippen molar-refractivity contribution in [2.45, 2.75) is 0 Å². The first-order valence-electron chi connectivity index (χ1n) is 17.6. The van der Waals surface area contributed by atoms with E-state index in [2.05, 4.69) is 164 Å². The molecule has 3 aromatic heterocycles. The molecule has 0 radical (unpaired) electrons. The Labute approximate surface area is 308 Å². The quantitative estimate of drug-likeness (QED) is 0.179. The van der Waals surface area contributed by atoms with Gasteiger partial charge in [-0.25, -0.2) is 0 Å². The molecule has 0 aliphatic carbocycles. The van der Waals surface area contributed by atoms with Gasteiger partial charge in [0.2, 0.25) is 0 Å². The molecule has 1 nitrogen and oxygen atoms in total. The van der Waals surface area contributed by atoms with Crippen molar-refractivity contribution in [3.8, 4) is 44.5 Å². The van der Waals surface area contributed by atoms with Gasteiger partial charge in [-0.1, -0.05) is 146 Å². The second-order valence-corrected chi connectivity index (χ2v) is 15.5. The lowest BCUT2D eigenvalue weighted by molar-refractivity contribution is 1.33. The fraction of sp³-hybridized carbons (Fsp3) is 0. The Morgan fingerprint density at radius 2 is 0.654 bits per heavy atom. The highest BCUT2D eigenvalue weighted by Crippen LogP contribution is 2.45. The van der Waals surface area contributed by atoms with E-state index in [1.807, 2.05) is 35.1 Å². The summed E-state index contributed by atoms with van der Waals surface area (Å²) < 4.78 is 5.33. The molecular weight excluding hydrogens is 667 g/mol. The van der Waals surface area contributed by atoms with Crippen molar-refractivity contribution in [2.75, 3.05) is 0 Å². The van der Waals surface area contributed by atoms with E-state index in [1.165, 1.54) is 95.3 Å². The summed E-state index contributed by atoms with van der Waals surface area (Å²) in [4.78, 5) is 4.85. The summed E-state index contributed by atoms with van der Waals surface area (Å²) in [5.74, 6) is 0. The van der Waals surface area contributed by atoms with Crippen LogP contribution in [0.15, 0.2) is 176 Å². The minimum atomic E-state index is 1.11. The molecule has 0 unspecified atom stereocenters. The second kappa shape index (κ2) is 11.7. The van der Waals surface area contributed by atoms with Crippen molar-refractivity contribution in [3.63, 3.8) is 0 Å². The van der Waals surface area contributed by atoms with Gasteiger partial charge >= 0.3 is 0 Å². The zero-order chi connectivity index (χ0) is 34.2. The number of nitrogens with zero attached hydrogens (tertiary/aromatic N) is 1. The van der Waals surface area contributed by atoms with E-state index in [0.717, 1.165) is 11.1 Å². The Morgan fingerprint density at radius 3 is 1.12 bits per heavy atom. The first-order chi connectivity index (χ1) is 25.8. The van der Waals surface area contributed by atoms with E-state index in [-0.39, 0.29) is 0 Å². The van der Waals surface area contributed by atoms with Crippen LogP contribution in [0.1, 0.15) is 0 Å². The van der Waals surface area contributed by atoms with E-state index in [1.54, 1.807) is 0 Å². The molecule has 0 saturated carbocycles. The van der Waals surface area contributed by atoms with Gasteiger partial charge in [-0.15, -0.1) is 22.7 Å². The average molecular weight is 696 g/mol. The number of hydrogen-bond acceptors (Lipinski definition) is 3. The van der Waals surface area contributed by atoms with Crippen LogP contribution in [0.3, 0.4) is 0 Å². The van der Waals surface area contributed by atoms with Crippen LogP contribution in [0.25, 0.3) is 106 Å². The molecule has 0 atom stereocenters. The molecule has 0 spiro atoms. The summed E-state index contributed by atoms with van der Waals surface area (Å²) >= 11 is 3.77. The predicted octanol–water partition coefficient (Wildman–Crippen LogP) is 14.8. The van der Waals surface area contributed by atoms with Crippen molar-refractivity contribution in [1.29, 1.82) is 0 Å². The molecule has 0 aliphatic rings.